The number of benzene rings is 2. The van der Waals surface area contributed by atoms with Gasteiger partial charge < -0.3 is 5.73 Å². The smallest absolute Gasteiger partial charge is 0.212 e. The lowest BCUT2D eigenvalue weighted by molar-refractivity contribution is 0.884. The van der Waals surface area contributed by atoms with Gasteiger partial charge in [0, 0.05) is 27.6 Å². The van der Waals surface area contributed by atoms with Gasteiger partial charge in [0.2, 0.25) is 5.13 Å². The van der Waals surface area contributed by atoms with Crippen LogP contribution in [0, 0.1) is 0 Å². The van der Waals surface area contributed by atoms with Crippen molar-refractivity contribution >= 4 is 28.8 Å². The Morgan fingerprint density at radius 2 is 1.62 bits per heavy atom. The predicted molar refractivity (Wildman–Crippen MR) is 99.5 cm³/mol. The Balaban J connectivity index is 1.70. The van der Waals surface area contributed by atoms with Crippen molar-refractivity contribution < 1.29 is 0 Å². The summed E-state index contributed by atoms with van der Waals surface area (Å²) in [7, 11) is 0. The summed E-state index contributed by atoms with van der Waals surface area (Å²) >= 11 is 7.44. The van der Waals surface area contributed by atoms with Gasteiger partial charge >= 0.3 is 0 Å². The number of nitrogens with two attached hydrogens (primary N) is 1. The number of hydrogen-bond donors (Lipinski definition) is 1. The molecule has 2 N–H and O–H groups in total. The summed E-state index contributed by atoms with van der Waals surface area (Å²) < 4.78 is 1.67. The van der Waals surface area contributed by atoms with Gasteiger partial charge in [-0.3, -0.25) is 0 Å². The van der Waals surface area contributed by atoms with E-state index in [1.165, 1.54) is 11.3 Å². The predicted octanol–water partition coefficient (Wildman–Crippen LogP) is 4.90. The third-order valence-corrected chi connectivity index (χ3v) is 4.69. The first-order valence-electron chi connectivity index (χ1n) is 7.33. The minimum absolute atomic E-state index is 0.550. The van der Waals surface area contributed by atoms with Gasteiger partial charge in [-0.05, 0) is 12.1 Å². The first-order valence-corrected chi connectivity index (χ1v) is 8.59. The van der Waals surface area contributed by atoms with Crippen molar-refractivity contribution in [1.29, 1.82) is 0 Å². The Kier molecular flexibility index (Phi) is 3.80. The van der Waals surface area contributed by atoms with Gasteiger partial charge in [0.1, 0.15) is 5.82 Å². The number of nitrogen functional groups attached to an aromatic ring is 1. The van der Waals surface area contributed by atoms with Crippen molar-refractivity contribution in [1.82, 2.24) is 14.8 Å². The Hall–Kier alpha value is -2.63. The molecule has 2 aromatic carbocycles. The number of hydrogen-bond acceptors (Lipinski definition) is 4. The molecule has 0 aliphatic heterocycles. The van der Waals surface area contributed by atoms with E-state index in [1.807, 2.05) is 66.0 Å². The highest BCUT2D eigenvalue weighted by Crippen LogP contribution is 2.28. The van der Waals surface area contributed by atoms with Crippen LogP contribution in [-0.4, -0.2) is 14.8 Å². The summed E-state index contributed by atoms with van der Waals surface area (Å²) in [6, 6.07) is 19.4. The van der Waals surface area contributed by atoms with Crippen LogP contribution < -0.4 is 5.73 Å². The monoisotopic (exact) mass is 352 g/mol. The lowest BCUT2D eigenvalue weighted by Crippen LogP contribution is -2.01. The van der Waals surface area contributed by atoms with E-state index in [4.69, 9.17) is 17.3 Å². The maximum Gasteiger partial charge on any atom is 0.212 e. The van der Waals surface area contributed by atoms with Crippen molar-refractivity contribution in [3.05, 3.63) is 71.1 Å². The largest absolute Gasteiger partial charge is 0.383 e. The number of thiazole rings is 1. The van der Waals surface area contributed by atoms with Gasteiger partial charge in [-0.2, -0.15) is 9.78 Å². The molecule has 0 spiro atoms. The zero-order valence-electron chi connectivity index (χ0n) is 12.6. The molecule has 0 saturated heterocycles. The first kappa shape index (κ1) is 14.9. The molecule has 0 saturated carbocycles. The summed E-state index contributed by atoms with van der Waals surface area (Å²) in [6.07, 6.45) is 0. The van der Waals surface area contributed by atoms with Gasteiger partial charge in [-0.25, -0.2) is 4.98 Å². The molecule has 2 heterocycles. The van der Waals surface area contributed by atoms with Gasteiger partial charge in [0.05, 0.1) is 11.4 Å². The van der Waals surface area contributed by atoms with Gasteiger partial charge in [-0.1, -0.05) is 54.1 Å². The SMILES string of the molecule is Nc1cc(-c2ccc(Cl)cc2)nn1-c1nc(-c2ccccc2)cs1. The number of nitrogens with zero attached hydrogens (tertiary/aromatic N) is 3. The van der Waals surface area contributed by atoms with E-state index in [2.05, 4.69) is 10.1 Å². The maximum absolute atomic E-state index is 6.13. The molecule has 4 nitrogen and oxygen atoms in total. The van der Waals surface area contributed by atoms with Crippen LogP contribution in [0.25, 0.3) is 27.6 Å². The molecule has 0 unspecified atom stereocenters. The third kappa shape index (κ3) is 2.79. The van der Waals surface area contributed by atoms with Crippen molar-refractivity contribution in [2.24, 2.45) is 0 Å². The van der Waals surface area contributed by atoms with Gasteiger partial charge in [0.15, 0.2) is 0 Å². The average Bonchev–Trinajstić information content (AvgIpc) is 3.23. The van der Waals surface area contributed by atoms with Crippen molar-refractivity contribution in [3.63, 3.8) is 0 Å². The minimum atomic E-state index is 0.550. The second-order valence-corrected chi connectivity index (χ2v) is 6.53. The van der Waals surface area contributed by atoms with E-state index in [1.54, 1.807) is 4.68 Å². The second-order valence-electron chi connectivity index (χ2n) is 5.25. The fraction of sp³-hybridized carbons (Fsp3) is 0. The summed E-state index contributed by atoms with van der Waals surface area (Å²) in [5.74, 6) is 0.550. The minimum Gasteiger partial charge on any atom is -0.383 e. The number of aromatic nitrogens is 3. The van der Waals surface area contributed by atoms with E-state index in [9.17, 15) is 0 Å². The van der Waals surface area contributed by atoms with Gasteiger partial charge in [0.25, 0.3) is 0 Å². The van der Waals surface area contributed by atoms with Crippen LogP contribution >= 0.6 is 22.9 Å². The Bertz CT molecular complexity index is 974. The topological polar surface area (TPSA) is 56.7 Å². The van der Waals surface area contributed by atoms with E-state index < -0.39 is 0 Å². The number of halogens is 1. The molecule has 0 fully saturated rings. The number of anilines is 1. The van der Waals surface area contributed by atoms with Crippen LogP contribution in [0.3, 0.4) is 0 Å². The standard InChI is InChI=1S/C18H13ClN4S/c19-14-8-6-13(7-9-14)15-10-17(20)23(22-15)18-21-16(11-24-18)12-4-2-1-3-5-12/h1-11H,20H2. The molecule has 0 aliphatic rings. The van der Waals surface area contributed by atoms with Gasteiger partial charge in [-0.15, -0.1) is 11.3 Å². The third-order valence-electron chi connectivity index (χ3n) is 3.62. The quantitative estimate of drug-likeness (QED) is 0.570. The lowest BCUT2D eigenvalue weighted by atomic mass is 10.1. The highest BCUT2D eigenvalue weighted by atomic mass is 35.5. The van der Waals surface area contributed by atoms with Crippen molar-refractivity contribution in [2.45, 2.75) is 0 Å². The van der Waals surface area contributed by atoms with E-state index >= 15 is 0 Å². The van der Waals surface area contributed by atoms with E-state index in [0.29, 0.717) is 10.8 Å². The summed E-state index contributed by atoms with van der Waals surface area (Å²) in [5.41, 5.74) is 9.87. The highest BCUT2D eigenvalue weighted by molar-refractivity contribution is 7.12. The molecule has 0 amide bonds. The van der Waals surface area contributed by atoms with Crippen LogP contribution in [-0.2, 0) is 0 Å². The van der Waals surface area contributed by atoms with Crippen LogP contribution in [0.15, 0.2) is 66.0 Å². The second kappa shape index (κ2) is 6.11. The van der Waals surface area contributed by atoms with E-state index in [0.717, 1.165) is 27.6 Å². The summed E-state index contributed by atoms with van der Waals surface area (Å²) in [6.45, 7) is 0. The van der Waals surface area contributed by atoms with Crippen molar-refractivity contribution in [2.75, 3.05) is 5.73 Å². The van der Waals surface area contributed by atoms with Crippen molar-refractivity contribution in [3.8, 4) is 27.6 Å². The Labute approximate surface area is 148 Å². The van der Waals surface area contributed by atoms with Crippen LogP contribution in [0.4, 0.5) is 5.82 Å². The first-order chi connectivity index (χ1) is 11.7. The fourth-order valence-corrected chi connectivity index (χ4v) is 3.34. The molecular formula is C18H13ClN4S. The molecule has 4 aromatic rings. The Morgan fingerprint density at radius 3 is 2.38 bits per heavy atom. The summed E-state index contributed by atoms with van der Waals surface area (Å²) in [5, 5.41) is 8.03. The molecular weight excluding hydrogens is 340 g/mol. The lowest BCUT2D eigenvalue weighted by Gasteiger charge is -1.99. The molecule has 0 aliphatic carbocycles. The van der Waals surface area contributed by atoms with Crippen LogP contribution in [0.2, 0.25) is 5.02 Å². The van der Waals surface area contributed by atoms with Crippen LogP contribution in [0.1, 0.15) is 0 Å². The molecule has 0 atom stereocenters. The van der Waals surface area contributed by atoms with Crippen LogP contribution in [0.5, 0.6) is 0 Å². The highest BCUT2D eigenvalue weighted by Gasteiger charge is 2.12. The molecule has 0 radical (unpaired) electrons. The Morgan fingerprint density at radius 1 is 0.917 bits per heavy atom. The molecule has 24 heavy (non-hydrogen) atoms. The normalized spacial score (nSPS) is 10.9. The zero-order chi connectivity index (χ0) is 16.5. The van der Waals surface area contributed by atoms with E-state index in [-0.39, 0.29) is 0 Å². The molecule has 118 valence electrons. The maximum atomic E-state index is 6.13. The molecule has 0 bridgehead atoms. The number of rotatable bonds is 3. The zero-order valence-corrected chi connectivity index (χ0v) is 14.1. The fourth-order valence-electron chi connectivity index (χ4n) is 2.41. The summed E-state index contributed by atoms with van der Waals surface area (Å²) in [4.78, 5) is 4.65. The average molecular weight is 353 g/mol. The molecule has 6 heteroatoms. The molecule has 4 rings (SSSR count). The molecule has 2 aromatic heterocycles.